The van der Waals surface area contributed by atoms with Crippen LogP contribution in [0.3, 0.4) is 0 Å². The Labute approximate surface area is 192 Å². The van der Waals surface area contributed by atoms with Crippen LogP contribution < -0.4 is 5.32 Å². The number of anilines is 1. The molecule has 0 aliphatic heterocycles. The van der Waals surface area contributed by atoms with E-state index in [0.29, 0.717) is 6.42 Å². The predicted octanol–water partition coefficient (Wildman–Crippen LogP) is 5.67. The number of hydrogen-bond donors (Lipinski definition) is 1. The Morgan fingerprint density at radius 2 is 1.59 bits per heavy atom. The molecule has 0 unspecified atom stereocenters. The van der Waals surface area contributed by atoms with Crippen molar-refractivity contribution in [3.05, 3.63) is 107 Å². The fourth-order valence-corrected chi connectivity index (χ4v) is 4.60. The van der Waals surface area contributed by atoms with Crippen LogP contribution in [-0.2, 0) is 17.8 Å². The molecule has 0 aliphatic rings. The molecule has 0 fully saturated rings. The van der Waals surface area contributed by atoms with Crippen molar-refractivity contribution in [2.45, 2.75) is 37.2 Å². The molecule has 0 aliphatic carbocycles. The predicted molar refractivity (Wildman–Crippen MR) is 130 cm³/mol. The van der Waals surface area contributed by atoms with Crippen molar-refractivity contribution in [3.8, 4) is 0 Å². The number of thioether (sulfide) groups is 1. The number of amides is 1. The summed E-state index contributed by atoms with van der Waals surface area (Å²) >= 11 is 1.43. The van der Waals surface area contributed by atoms with Crippen molar-refractivity contribution in [1.82, 2.24) is 14.8 Å². The highest BCUT2D eigenvalue weighted by molar-refractivity contribution is 8.00. The van der Waals surface area contributed by atoms with Crippen molar-refractivity contribution in [3.63, 3.8) is 0 Å². The van der Waals surface area contributed by atoms with Gasteiger partial charge in [0.15, 0.2) is 5.16 Å². The van der Waals surface area contributed by atoms with E-state index in [1.165, 1.54) is 17.3 Å². The van der Waals surface area contributed by atoms with Gasteiger partial charge >= 0.3 is 0 Å². The van der Waals surface area contributed by atoms with Gasteiger partial charge in [-0.25, -0.2) is 0 Å². The Kier molecular flexibility index (Phi) is 7.02. The molecule has 0 spiro atoms. The van der Waals surface area contributed by atoms with Gasteiger partial charge in [0.05, 0.1) is 0 Å². The Morgan fingerprint density at radius 3 is 2.25 bits per heavy atom. The fraction of sp³-hybridized carbons (Fsp3) is 0.192. The van der Waals surface area contributed by atoms with Gasteiger partial charge in [-0.05, 0) is 37.1 Å². The normalized spacial score (nSPS) is 11.8. The third-order valence-electron chi connectivity index (χ3n) is 5.20. The molecule has 162 valence electrons. The van der Waals surface area contributed by atoms with Crippen LogP contribution in [0.4, 0.5) is 5.69 Å². The Morgan fingerprint density at radius 1 is 0.938 bits per heavy atom. The lowest BCUT2D eigenvalue weighted by atomic mass is 10.1. The van der Waals surface area contributed by atoms with E-state index < -0.39 is 5.25 Å². The number of hydrogen-bond acceptors (Lipinski definition) is 4. The van der Waals surface area contributed by atoms with Gasteiger partial charge < -0.3 is 9.88 Å². The summed E-state index contributed by atoms with van der Waals surface area (Å²) in [6.45, 7) is 4.84. The smallest absolute Gasteiger partial charge is 0.242 e. The molecular formula is C26H26N4OS. The summed E-state index contributed by atoms with van der Waals surface area (Å²) in [6, 6.07) is 27.9. The molecule has 1 amide bonds. The second-order valence-electron chi connectivity index (χ2n) is 7.57. The van der Waals surface area contributed by atoms with E-state index >= 15 is 0 Å². The lowest BCUT2D eigenvalue weighted by Gasteiger charge is -2.17. The van der Waals surface area contributed by atoms with Crippen LogP contribution in [0, 0.1) is 6.92 Å². The molecule has 1 atom stereocenters. The number of benzene rings is 3. The van der Waals surface area contributed by atoms with E-state index in [9.17, 15) is 4.79 Å². The Hall–Kier alpha value is -3.38. The number of nitrogens with zero attached hydrogens (tertiary/aromatic N) is 3. The summed E-state index contributed by atoms with van der Waals surface area (Å²) in [5.41, 5.74) is 4.04. The Bertz CT molecular complexity index is 1160. The van der Waals surface area contributed by atoms with E-state index in [2.05, 4.69) is 39.1 Å². The van der Waals surface area contributed by atoms with E-state index in [-0.39, 0.29) is 5.91 Å². The zero-order valence-corrected chi connectivity index (χ0v) is 19.0. The summed E-state index contributed by atoms with van der Waals surface area (Å²) in [7, 11) is 0. The van der Waals surface area contributed by atoms with Gasteiger partial charge in [0.2, 0.25) is 5.91 Å². The molecule has 0 saturated carbocycles. The van der Waals surface area contributed by atoms with Crippen molar-refractivity contribution in [2.75, 3.05) is 5.32 Å². The molecule has 4 rings (SSSR count). The maximum Gasteiger partial charge on any atom is 0.242 e. The highest BCUT2D eigenvalue weighted by atomic mass is 32.2. The number of carbonyl (C=O) groups excluding carboxylic acids is 1. The van der Waals surface area contributed by atoms with Gasteiger partial charge in [0, 0.05) is 18.7 Å². The monoisotopic (exact) mass is 442 g/mol. The molecule has 6 heteroatoms. The largest absolute Gasteiger partial charge is 0.325 e. The molecule has 3 aromatic carbocycles. The highest BCUT2D eigenvalue weighted by Gasteiger charge is 2.25. The van der Waals surface area contributed by atoms with Crippen LogP contribution in [0.2, 0.25) is 0 Å². The zero-order chi connectivity index (χ0) is 22.3. The molecule has 0 saturated heterocycles. The minimum Gasteiger partial charge on any atom is -0.325 e. The van der Waals surface area contributed by atoms with Crippen LogP contribution in [0.25, 0.3) is 0 Å². The van der Waals surface area contributed by atoms with E-state index in [1.54, 1.807) is 0 Å². The fourth-order valence-electron chi connectivity index (χ4n) is 3.48. The topological polar surface area (TPSA) is 59.8 Å². The summed E-state index contributed by atoms with van der Waals surface area (Å²) in [5.74, 6) is 0.812. The van der Waals surface area contributed by atoms with Crippen LogP contribution in [0.15, 0.2) is 90.1 Å². The van der Waals surface area contributed by atoms with Crippen molar-refractivity contribution in [1.29, 1.82) is 0 Å². The van der Waals surface area contributed by atoms with Gasteiger partial charge in [0.25, 0.3) is 0 Å². The quantitative estimate of drug-likeness (QED) is 0.357. The lowest BCUT2D eigenvalue weighted by Crippen LogP contribution is -2.19. The molecule has 5 nitrogen and oxygen atoms in total. The number of aryl methyl sites for hydroxylation is 1. The highest BCUT2D eigenvalue weighted by Crippen LogP contribution is 2.36. The first-order chi connectivity index (χ1) is 15.6. The number of carbonyl (C=O) groups is 1. The van der Waals surface area contributed by atoms with Gasteiger partial charge in [-0.15, -0.1) is 10.2 Å². The van der Waals surface area contributed by atoms with Gasteiger partial charge in [-0.2, -0.15) is 0 Å². The third kappa shape index (κ3) is 5.26. The SMILES string of the molecule is CCn1c(Cc2ccccc2)nnc1S[C@H](C(=O)Nc1ccc(C)cc1)c1ccccc1. The summed E-state index contributed by atoms with van der Waals surface area (Å²) in [6.07, 6.45) is 0.702. The molecule has 4 aromatic rings. The standard InChI is InChI=1S/C26H26N4OS/c1-3-30-23(18-20-10-6-4-7-11-20)28-29-26(30)32-24(21-12-8-5-9-13-21)25(31)27-22-16-14-19(2)15-17-22/h4-17,24H,3,18H2,1-2H3,(H,27,31)/t24-/m0/s1. The minimum atomic E-state index is -0.448. The lowest BCUT2D eigenvalue weighted by molar-refractivity contribution is -0.115. The average Bonchev–Trinajstić information content (AvgIpc) is 3.21. The molecule has 1 heterocycles. The first kappa shape index (κ1) is 21.8. The number of aromatic nitrogens is 3. The third-order valence-corrected chi connectivity index (χ3v) is 6.43. The molecule has 0 radical (unpaired) electrons. The van der Waals surface area contributed by atoms with E-state index in [1.807, 2.05) is 79.7 Å². The van der Waals surface area contributed by atoms with Crippen molar-refractivity contribution < 1.29 is 4.79 Å². The molecular weight excluding hydrogens is 416 g/mol. The number of nitrogens with one attached hydrogen (secondary N) is 1. The van der Waals surface area contributed by atoms with Gasteiger partial charge in [0.1, 0.15) is 11.1 Å². The van der Waals surface area contributed by atoms with Crippen molar-refractivity contribution in [2.24, 2.45) is 0 Å². The average molecular weight is 443 g/mol. The maximum absolute atomic E-state index is 13.3. The van der Waals surface area contributed by atoms with Crippen LogP contribution in [0.5, 0.6) is 0 Å². The second kappa shape index (κ2) is 10.3. The summed E-state index contributed by atoms with van der Waals surface area (Å²) < 4.78 is 2.09. The second-order valence-corrected chi connectivity index (χ2v) is 8.64. The van der Waals surface area contributed by atoms with Gasteiger partial charge in [-0.3, -0.25) is 4.79 Å². The van der Waals surface area contributed by atoms with E-state index in [0.717, 1.165) is 34.3 Å². The van der Waals surface area contributed by atoms with Crippen LogP contribution in [-0.4, -0.2) is 20.7 Å². The van der Waals surface area contributed by atoms with Crippen LogP contribution in [0.1, 0.15) is 34.7 Å². The maximum atomic E-state index is 13.3. The summed E-state index contributed by atoms with van der Waals surface area (Å²) in [4.78, 5) is 13.3. The van der Waals surface area contributed by atoms with Crippen molar-refractivity contribution >= 4 is 23.4 Å². The molecule has 0 bridgehead atoms. The first-order valence-corrected chi connectivity index (χ1v) is 11.6. The van der Waals surface area contributed by atoms with Crippen LogP contribution >= 0.6 is 11.8 Å². The van der Waals surface area contributed by atoms with E-state index in [4.69, 9.17) is 0 Å². The zero-order valence-electron chi connectivity index (χ0n) is 18.2. The Balaban J connectivity index is 1.60. The summed E-state index contributed by atoms with van der Waals surface area (Å²) in [5, 5.41) is 12.2. The molecule has 1 aromatic heterocycles. The first-order valence-electron chi connectivity index (χ1n) is 10.7. The van der Waals surface area contributed by atoms with Gasteiger partial charge in [-0.1, -0.05) is 90.1 Å². The minimum absolute atomic E-state index is 0.0830. The number of rotatable bonds is 8. The molecule has 1 N–H and O–H groups in total. The molecule has 32 heavy (non-hydrogen) atoms.